The van der Waals surface area contributed by atoms with Gasteiger partial charge in [-0.3, -0.25) is 4.79 Å². The van der Waals surface area contributed by atoms with Crippen molar-refractivity contribution >= 4 is 27.5 Å². The molecule has 0 atom stereocenters. The zero-order valence-electron chi connectivity index (χ0n) is 10.8. The fourth-order valence-corrected chi connectivity index (χ4v) is 2.76. The summed E-state index contributed by atoms with van der Waals surface area (Å²) in [5.41, 5.74) is 1.25. The summed E-state index contributed by atoms with van der Waals surface area (Å²) >= 11 is 1.29. The van der Waals surface area contributed by atoms with Crippen molar-refractivity contribution in [3.8, 4) is 0 Å². The van der Waals surface area contributed by atoms with E-state index in [2.05, 4.69) is 10.3 Å². The largest absolute Gasteiger partial charge is 0.346 e. The highest BCUT2D eigenvalue weighted by Crippen LogP contribution is 2.21. The van der Waals surface area contributed by atoms with Crippen LogP contribution in [0.2, 0.25) is 0 Å². The molecule has 3 aromatic rings. The van der Waals surface area contributed by atoms with Crippen molar-refractivity contribution in [2.24, 2.45) is 0 Å². The second kappa shape index (κ2) is 5.57. The third-order valence-corrected chi connectivity index (χ3v) is 3.96. The molecule has 3 rings (SSSR count). The summed E-state index contributed by atoms with van der Waals surface area (Å²) in [7, 11) is 0. The number of nitrogens with one attached hydrogen (secondary N) is 1. The lowest BCUT2D eigenvalue weighted by molar-refractivity contribution is 0.0950. The van der Waals surface area contributed by atoms with Crippen molar-refractivity contribution in [2.45, 2.75) is 6.54 Å². The van der Waals surface area contributed by atoms with E-state index in [0.717, 1.165) is 22.3 Å². The van der Waals surface area contributed by atoms with Gasteiger partial charge in [-0.1, -0.05) is 18.2 Å². The van der Waals surface area contributed by atoms with Crippen LogP contribution in [0.3, 0.4) is 0 Å². The van der Waals surface area contributed by atoms with Gasteiger partial charge in [0.2, 0.25) is 0 Å². The molecule has 2 aromatic carbocycles. The molecule has 0 aliphatic rings. The van der Waals surface area contributed by atoms with Crippen LogP contribution in [0, 0.1) is 11.6 Å². The van der Waals surface area contributed by atoms with Gasteiger partial charge in [0.25, 0.3) is 5.91 Å². The predicted octanol–water partition coefficient (Wildman–Crippen LogP) is 3.50. The molecule has 0 bridgehead atoms. The summed E-state index contributed by atoms with van der Waals surface area (Å²) in [5.74, 6) is -2.17. The number of carbonyl (C=O) groups excluding carboxylic acids is 1. The van der Waals surface area contributed by atoms with Crippen LogP contribution in [0.1, 0.15) is 15.4 Å². The number of amides is 1. The van der Waals surface area contributed by atoms with E-state index in [1.54, 1.807) is 0 Å². The average molecular weight is 304 g/mol. The van der Waals surface area contributed by atoms with Gasteiger partial charge in [0.1, 0.15) is 0 Å². The van der Waals surface area contributed by atoms with Gasteiger partial charge >= 0.3 is 0 Å². The summed E-state index contributed by atoms with van der Waals surface area (Å²) in [6.07, 6.45) is 0. The van der Waals surface area contributed by atoms with Crippen molar-refractivity contribution in [1.29, 1.82) is 0 Å². The van der Waals surface area contributed by atoms with Gasteiger partial charge in [-0.05, 0) is 29.8 Å². The van der Waals surface area contributed by atoms with Crippen LogP contribution in [0.25, 0.3) is 10.2 Å². The van der Waals surface area contributed by atoms with E-state index in [4.69, 9.17) is 0 Å². The number of hydrogen-bond acceptors (Lipinski definition) is 3. The number of nitrogens with zero attached hydrogens (tertiary/aromatic N) is 1. The maximum atomic E-state index is 13.1. The summed E-state index contributed by atoms with van der Waals surface area (Å²) in [4.78, 5) is 16.2. The Kier molecular flexibility index (Phi) is 3.62. The zero-order valence-corrected chi connectivity index (χ0v) is 11.6. The minimum Gasteiger partial charge on any atom is -0.346 e. The fourth-order valence-electron chi connectivity index (χ4n) is 1.88. The van der Waals surface area contributed by atoms with Crippen molar-refractivity contribution in [3.05, 3.63) is 64.7 Å². The molecule has 0 radical (unpaired) electrons. The third-order valence-electron chi connectivity index (χ3n) is 2.93. The first-order valence-corrected chi connectivity index (χ1v) is 7.03. The van der Waals surface area contributed by atoms with Gasteiger partial charge in [0, 0.05) is 6.54 Å². The molecule has 1 N–H and O–H groups in total. The first-order chi connectivity index (χ1) is 10.1. The lowest BCUT2D eigenvalue weighted by atomic mass is 10.2. The minimum atomic E-state index is -0.929. The number of benzene rings is 2. The van der Waals surface area contributed by atoms with Gasteiger partial charge in [-0.2, -0.15) is 0 Å². The van der Waals surface area contributed by atoms with Gasteiger partial charge in [-0.15, -0.1) is 11.3 Å². The molecule has 1 heterocycles. The summed E-state index contributed by atoms with van der Waals surface area (Å²) in [6.45, 7) is 0.117. The van der Waals surface area contributed by atoms with Crippen LogP contribution < -0.4 is 5.32 Å². The average Bonchev–Trinajstić information content (AvgIpc) is 2.92. The quantitative estimate of drug-likeness (QED) is 0.804. The topological polar surface area (TPSA) is 42.0 Å². The number of para-hydroxylation sites is 1. The highest BCUT2D eigenvalue weighted by atomic mass is 32.1. The smallest absolute Gasteiger partial charge is 0.280 e. The fraction of sp³-hybridized carbons (Fsp3) is 0.0667. The summed E-state index contributed by atoms with van der Waals surface area (Å²) < 4.78 is 26.8. The molecule has 0 saturated carbocycles. The lowest BCUT2D eigenvalue weighted by Gasteiger charge is -2.03. The summed E-state index contributed by atoms with van der Waals surface area (Å²) in [5, 5.41) is 2.99. The Balaban J connectivity index is 1.72. The monoisotopic (exact) mass is 304 g/mol. The molecule has 106 valence electrons. The standard InChI is InChI=1S/C15H10F2N2OS/c16-10-6-5-9(7-11(10)17)8-18-14(20)15-19-12-3-1-2-4-13(12)21-15/h1-7H,8H2,(H,18,20). The Bertz CT molecular complexity index is 783. The molecule has 0 fully saturated rings. The van der Waals surface area contributed by atoms with Crippen molar-refractivity contribution in [3.63, 3.8) is 0 Å². The molecule has 0 spiro atoms. The minimum absolute atomic E-state index is 0.117. The van der Waals surface area contributed by atoms with Crippen LogP contribution in [-0.4, -0.2) is 10.9 Å². The molecule has 1 amide bonds. The SMILES string of the molecule is O=C(NCc1ccc(F)c(F)c1)c1nc2ccccc2s1. The molecule has 21 heavy (non-hydrogen) atoms. The lowest BCUT2D eigenvalue weighted by Crippen LogP contribution is -2.22. The molecular formula is C15H10F2N2OS. The Morgan fingerprint density at radius 2 is 1.95 bits per heavy atom. The predicted molar refractivity (Wildman–Crippen MR) is 77.1 cm³/mol. The normalized spacial score (nSPS) is 10.8. The number of rotatable bonds is 3. The van der Waals surface area contributed by atoms with Gasteiger partial charge in [0.05, 0.1) is 10.2 Å². The van der Waals surface area contributed by atoms with Crippen molar-refractivity contribution in [2.75, 3.05) is 0 Å². The molecule has 6 heteroatoms. The first kappa shape index (κ1) is 13.6. The maximum Gasteiger partial charge on any atom is 0.280 e. The second-order valence-electron chi connectivity index (χ2n) is 4.42. The Labute approximate surface area is 123 Å². The van der Waals surface area contributed by atoms with Crippen LogP contribution in [-0.2, 0) is 6.54 Å². The molecule has 0 aliphatic carbocycles. The number of carbonyl (C=O) groups is 1. The van der Waals surface area contributed by atoms with E-state index in [1.807, 2.05) is 24.3 Å². The number of hydrogen-bond donors (Lipinski definition) is 1. The molecule has 3 nitrogen and oxygen atoms in total. The Morgan fingerprint density at radius 1 is 1.14 bits per heavy atom. The Hall–Kier alpha value is -2.34. The molecule has 0 unspecified atom stereocenters. The highest BCUT2D eigenvalue weighted by molar-refractivity contribution is 7.20. The molecular weight excluding hydrogens is 294 g/mol. The molecule has 0 saturated heterocycles. The number of aromatic nitrogens is 1. The van der Waals surface area contributed by atoms with E-state index < -0.39 is 11.6 Å². The van der Waals surface area contributed by atoms with Crippen LogP contribution in [0.5, 0.6) is 0 Å². The maximum absolute atomic E-state index is 13.1. The highest BCUT2D eigenvalue weighted by Gasteiger charge is 2.12. The first-order valence-electron chi connectivity index (χ1n) is 6.21. The Morgan fingerprint density at radius 3 is 2.71 bits per heavy atom. The van der Waals surface area contributed by atoms with Crippen LogP contribution >= 0.6 is 11.3 Å². The number of halogens is 2. The zero-order chi connectivity index (χ0) is 14.8. The third kappa shape index (κ3) is 2.90. The van der Waals surface area contributed by atoms with E-state index in [1.165, 1.54) is 17.4 Å². The van der Waals surface area contributed by atoms with Gasteiger partial charge in [0.15, 0.2) is 16.6 Å². The van der Waals surface area contributed by atoms with E-state index in [9.17, 15) is 13.6 Å². The van der Waals surface area contributed by atoms with E-state index in [0.29, 0.717) is 10.6 Å². The van der Waals surface area contributed by atoms with Crippen molar-refractivity contribution < 1.29 is 13.6 Å². The molecule has 1 aromatic heterocycles. The van der Waals surface area contributed by atoms with E-state index >= 15 is 0 Å². The molecule has 0 aliphatic heterocycles. The number of thiazole rings is 1. The number of fused-ring (bicyclic) bond motifs is 1. The van der Waals surface area contributed by atoms with Gasteiger partial charge in [-0.25, -0.2) is 13.8 Å². The van der Waals surface area contributed by atoms with Crippen LogP contribution in [0.4, 0.5) is 8.78 Å². The van der Waals surface area contributed by atoms with E-state index in [-0.39, 0.29) is 12.5 Å². The van der Waals surface area contributed by atoms with Crippen molar-refractivity contribution in [1.82, 2.24) is 10.3 Å². The van der Waals surface area contributed by atoms with Crippen LogP contribution in [0.15, 0.2) is 42.5 Å². The summed E-state index contributed by atoms with van der Waals surface area (Å²) in [6, 6.07) is 11.0. The van der Waals surface area contributed by atoms with Gasteiger partial charge < -0.3 is 5.32 Å². The second-order valence-corrected chi connectivity index (χ2v) is 5.45.